The van der Waals surface area contributed by atoms with Gasteiger partial charge in [0.05, 0.1) is 5.69 Å². The Morgan fingerprint density at radius 2 is 1.63 bits per heavy atom. The second-order valence-electron chi connectivity index (χ2n) is 7.53. The van der Waals surface area contributed by atoms with Crippen molar-refractivity contribution in [2.75, 3.05) is 36.0 Å². The van der Waals surface area contributed by atoms with Crippen LogP contribution in [0.3, 0.4) is 0 Å². The van der Waals surface area contributed by atoms with Crippen LogP contribution in [-0.4, -0.2) is 56.1 Å². The Bertz CT molecular complexity index is 965. The van der Waals surface area contributed by atoms with Gasteiger partial charge in [-0.05, 0) is 26.8 Å². The molecular weight excluding hydrogens is 344 g/mol. The molecule has 0 spiro atoms. The Labute approximate surface area is 157 Å². The molecular formula is C18H22N8O. The molecule has 2 aliphatic heterocycles. The molecule has 2 saturated heterocycles. The van der Waals surface area contributed by atoms with Gasteiger partial charge in [0.2, 0.25) is 0 Å². The maximum Gasteiger partial charge on any atom is 0.324 e. The minimum absolute atomic E-state index is 0.573. The predicted octanol–water partition coefficient (Wildman–Crippen LogP) is 1.54. The Balaban J connectivity index is 1.32. The van der Waals surface area contributed by atoms with Gasteiger partial charge in [0.15, 0.2) is 11.6 Å². The van der Waals surface area contributed by atoms with Gasteiger partial charge in [0.25, 0.3) is 0 Å². The van der Waals surface area contributed by atoms with E-state index in [1.807, 2.05) is 31.5 Å². The molecule has 9 heteroatoms. The van der Waals surface area contributed by atoms with Gasteiger partial charge in [-0.3, -0.25) is 0 Å². The number of rotatable bonds is 3. The summed E-state index contributed by atoms with van der Waals surface area (Å²) >= 11 is 0. The molecule has 0 saturated carbocycles. The van der Waals surface area contributed by atoms with Gasteiger partial charge in [0, 0.05) is 49.8 Å². The van der Waals surface area contributed by atoms with Crippen molar-refractivity contribution < 1.29 is 4.52 Å². The van der Waals surface area contributed by atoms with Crippen molar-refractivity contribution in [3.63, 3.8) is 0 Å². The molecule has 140 valence electrons. The zero-order valence-corrected chi connectivity index (χ0v) is 15.7. The standard InChI is InChI=1S/C18H22N8O/c1-11-4-12(2)26(22-11)17-5-16(19-10-20-17)24-6-14-8-25(9-15(14)7-24)18-21-13(3)23-27-18/h4-5,10,14-15H,6-9H2,1-3H3. The fourth-order valence-corrected chi connectivity index (χ4v) is 4.24. The van der Waals surface area contributed by atoms with Crippen LogP contribution in [0.25, 0.3) is 5.82 Å². The SMILES string of the molecule is Cc1cc(C)n(-c2cc(N3CC4CN(c5nc(C)no5)CC4C3)ncn2)n1. The summed E-state index contributed by atoms with van der Waals surface area (Å²) in [6, 6.07) is 4.72. The first kappa shape index (κ1) is 16.2. The molecule has 2 atom stereocenters. The topological polar surface area (TPSA) is 89.0 Å². The summed E-state index contributed by atoms with van der Waals surface area (Å²) < 4.78 is 7.20. The lowest BCUT2D eigenvalue weighted by Crippen LogP contribution is -2.29. The van der Waals surface area contributed by atoms with Crippen LogP contribution in [0, 0.1) is 32.6 Å². The van der Waals surface area contributed by atoms with Crippen LogP contribution in [0.5, 0.6) is 0 Å². The number of anilines is 2. The molecule has 0 aromatic carbocycles. The van der Waals surface area contributed by atoms with E-state index in [0.29, 0.717) is 23.7 Å². The summed E-state index contributed by atoms with van der Waals surface area (Å²) in [7, 11) is 0. The Kier molecular flexibility index (Phi) is 3.63. The lowest BCUT2D eigenvalue weighted by atomic mass is 10.0. The maximum atomic E-state index is 5.32. The quantitative estimate of drug-likeness (QED) is 0.690. The predicted molar refractivity (Wildman–Crippen MR) is 99.1 cm³/mol. The van der Waals surface area contributed by atoms with Gasteiger partial charge in [0.1, 0.15) is 12.1 Å². The summed E-state index contributed by atoms with van der Waals surface area (Å²) in [6.45, 7) is 9.71. The van der Waals surface area contributed by atoms with E-state index in [-0.39, 0.29) is 0 Å². The van der Waals surface area contributed by atoms with Crippen molar-refractivity contribution in [3.8, 4) is 5.82 Å². The van der Waals surface area contributed by atoms with Gasteiger partial charge in [-0.15, -0.1) is 0 Å². The van der Waals surface area contributed by atoms with Crippen molar-refractivity contribution >= 4 is 11.8 Å². The minimum Gasteiger partial charge on any atom is -0.356 e. The molecule has 3 aromatic rings. The van der Waals surface area contributed by atoms with Crippen LogP contribution >= 0.6 is 0 Å². The van der Waals surface area contributed by atoms with E-state index < -0.39 is 0 Å². The lowest BCUT2D eigenvalue weighted by molar-refractivity contribution is 0.411. The van der Waals surface area contributed by atoms with Gasteiger partial charge >= 0.3 is 6.01 Å². The fraction of sp³-hybridized carbons (Fsp3) is 0.500. The highest BCUT2D eigenvalue weighted by molar-refractivity contribution is 5.46. The molecule has 0 N–H and O–H groups in total. The van der Waals surface area contributed by atoms with Crippen LogP contribution in [0.15, 0.2) is 23.0 Å². The first-order valence-corrected chi connectivity index (χ1v) is 9.23. The third kappa shape index (κ3) is 2.83. The van der Waals surface area contributed by atoms with E-state index in [1.54, 1.807) is 6.33 Å². The monoisotopic (exact) mass is 366 g/mol. The Morgan fingerprint density at radius 3 is 2.26 bits per heavy atom. The molecule has 0 bridgehead atoms. The average Bonchev–Trinajstić information content (AvgIpc) is 3.38. The van der Waals surface area contributed by atoms with Gasteiger partial charge in [-0.25, -0.2) is 14.6 Å². The van der Waals surface area contributed by atoms with Crippen molar-refractivity contribution in [1.82, 2.24) is 29.9 Å². The van der Waals surface area contributed by atoms with Crippen LogP contribution in [0.2, 0.25) is 0 Å². The van der Waals surface area contributed by atoms with E-state index >= 15 is 0 Å². The fourth-order valence-electron chi connectivity index (χ4n) is 4.24. The number of nitrogens with zero attached hydrogens (tertiary/aromatic N) is 8. The van der Waals surface area contributed by atoms with Crippen LogP contribution < -0.4 is 9.80 Å². The van der Waals surface area contributed by atoms with E-state index in [2.05, 4.69) is 41.1 Å². The van der Waals surface area contributed by atoms with Gasteiger partial charge in [-0.2, -0.15) is 10.1 Å². The first-order chi connectivity index (χ1) is 13.1. The maximum absolute atomic E-state index is 5.32. The second-order valence-corrected chi connectivity index (χ2v) is 7.53. The lowest BCUT2D eigenvalue weighted by Gasteiger charge is -2.21. The molecule has 0 amide bonds. The summed E-state index contributed by atoms with van der Waals surface area (Å²) in [5.74, 6) is 3.60. The summed E-state index contributed by atoms with van der Waals surface area (Å²) in [5, 5.41) is 8.43. The summed E-state index contributed by atoms with van der Waals surface area (Å²) in [4.78, 5) is 17.8. The normalized spacial score (nSPS) is 21.9. The number of hydrogen-bond donors (Lipinski definition) is 0. The van der Waals surface area contributed by atoms with Crippen molar-refractivity contribution in [3.05, 3.63) is 35.7 Å². The van der Waals surface area contributed by atoms with Crippen molar-refractivity contribution in [1.29, 1.82) is 0 Å². The highest BCUT2D eigenvalue weighted by Gasteiger charge is 2.42. The van der Waals surface area contributed by atoms with Crippen LogP contribution in [-0.2, 0) is 0 Å². The molecule has 2 aliphatic rings. The number of aryl methyl sites for hydroxylation is 3. The smallest absolute Gasteiger partial charge is 0.324 e. The molecule has 0 radical (unpaired) electrons. The molecule has 3 aromatic heterocycles. The molecule has 0 aliphatic carbocycles. The number of hydrogen-bond acceptors (Lipinski definition) is 8. The zero-order valence-electron chi connectivity index (χ0n) is 15.7. The van der Waals surface area contributed by atoms with Crippen molar-refractivity contribution in [2.45, 2.75) is 20.8 Å². The largest absolute Gasteiger partial charge is 0.356 e. The minimum atomic E-state index is 0.573. The van der Waals surface area contributed by atoms with Crippen LogP contribution in [0.4, 0.5) is 11.8 Å². The molecule has 9 nitrogen and oxygen atoms in total. The zero-order chi connectivity index (χ0) is 18.5. The third-order valence-electron chi connectivity index (χ3n) is 5.46. The molecule has 5 rings (SSSR count). The Morgan fingerprint density at radius 1 is 0.926 bits per heavy atom. The van der Waals surface area contributed by atoms with E-state index in [9.17, 15) is 0 Å². The molecule has 27 heavy (non-hydrogen) atoms. The second kappa shape index (κ2) is 6.04. The van der Waals surface area contributed by atoms with Crippen LogP contribution in [0.1, 0.15) is 17.2 Å². The summed E-state index contributed by atoms with van der Waals surface area (Å²) in [6.07, 6.45) is 1.63. The van der Waals surface area contributed by atoms with Gasteiger partial charge < -0.3 is 14.3 Å². The average molecular weight is 366 g/mol. The summed E-state index contributed by atoms with van der Waals surface area (Å²) in [5.41, 5.74) is 2.06. The first-order valence-electron chi connectivity index (χ1n) is 9.23. The third-order valence-corrected chi connectivity index (χ3v) is 5.46. The van der Waals surface area contributed by atoms with Gasteiger partial charge in [-0.1, -0.05) is 5.16 Å². The molecule has 2 fully saturated rings. The number of fused-ring (bicyclic) bond motifs is 1. The van der Waals surface area contributed by atoms with E-state index in [4.69, 9.17) is 4.52 Å². The highest BCUT2D eigenvalue weighted by atomic mass is 16.5. The Hall–Kier alpha value is -2.97. The molecule has 2 unspecified atom stereocenters. The molecule has 5 heterocycles. The number of aromatic nitrogens is 6. The van der Waals surface area contributed by atoms with Crippen molar-refractivity contribution in [2.24, 2.45) is 11.8 Å². The highest BCUT2D eigenvalue weighted by Crippen LogP contribution is 2.35. The van der Waals surface area contributed by atoms with E-state index in [1.165, 1.54) is 0 Å². The van der Waals surface area contributed by atoms with E-state index in [0.717, 1.165) is 49.2 Å².